The first kappa shape index (κ1) is 11.0. The number of rotatable bonds is 2. The fourth-order valence-electron chi connectivity index (χ4n) is 1.90. The van der Waals surface area contributed by atoms with Crippen LogP contribution in [0.15, 0.2) is 17.7 Å². The minimum atomic E-state index is -0.346. The van der Waals surface area contributed by atoms with Gasteiger partial charge in [-0.1, -0.05) is 0 Å². The molecule has 0 saturated heterocycles. The van der Waals surface area contributed by atoms with Gasteiger partial charge < -0.3 is 18.9 Å². The van der Waals surface area contributed by atoms with Crippen LogP contribution in [0.3, 0.4) is 0 Å². The second kappa shape index (κ2) is 4.25. The molecule has 0 radical (unpaired) electrons. The third kappa shape index (κ3) is 1.77. The number of benzene rings is 1. The molecule has 0 bridgehead atoms. The Morgan fingerprint density at radius 3 is 2.78 bits per heavy atom. The fourth-order valence-corrected chi connectivity index (χ4v) is 1.90. The monoisotopic (exact) mass is 248 g/mol. The summed E-state index contributed by atoms with van der Waals surface area (Å²) in [6.45, 7) is 2.55. The molecule has 0 fully saturated rings. The molecule has 2 aliphatic rings. The molecular weight excluding hydrogens is 236 g/mol. The first-order chi connectivity index (χ1) is 8.78. The van der Waals surface area contributed by atoms with Crippen molar-refractivity contribution in [3.8, 4) is 17.2 Å². The Morgan fingerprint density at radius 2 is 2.00 bits per heavy atom. The number of fused-ring (bicyclic) bond motifs is 2. The Labute approximate surface area is 104 Å². The van der Waals surface area contributed by atoms with Gasteiger partial charge in [-0.15, -0.1) is 0 Å². The summed E-state index contributed by atoms with van der Waals surface area (Å²) in [5, 5.41) is 0. The third-order valence-electron chi connectivity index (χ3n) is 2.76. The maximum absolute atomic E-state index is 11.6. The van der Waals surface area contributed by atoms with Crippen molar-refractivity contribution in [3.05, 3.63) is 23.3 Å². The van der Waals surface area contributed by atoms with E-state index in [0.717, 1.165) is 5.56 Å². The van der Waals surface area contributed by atoms with Gasteiger partial charge >= 0.3 is 5.97 Å². The van der Waals surface area contributed by atoms with E-state index in [0.29, 0.717) is 29.4 Å². The largest absolute Gasteiger partial charge is 0.488 e. The topological polar surface area (TPSA) is 54.0 Å². The van der Waals surface area contributed by atoms with Crippen molar-refractivity contribution >= 4 is 12.0 Å². The molecule has 0 spiro atoms. The molecule has 0 amide bonds. The van der Waals surface area contributed by atoms with E-state index in [2.05, 4.69) is 0 Å². The summed E-state index contributed by atoms with van der Waals surface area (Å²) in [7, 11) is 0. The molecule has 0 atom stereocenters. The van der Waals surface area contributed by atoms with Crippen LogP contribution in [0.5, 0.6) is 17.2 Å². The molecule has 0 N–H and O–H groups in total. The van der Waals surface area contributed by atoms with Crippen molar-refractivity contribution in [1.29, 1.82) is 0 Å². The maximum Gasteiger partial charge on any atom is 0.337 e. The molecule has 2 aliphatic heterocycles. The number of hydrogen-bond donors (Lipinski definition) is 0. The second-order valence-corrected chi connectivity index (χ2v) is 3.92. The van der Waals surface area contributed by atoms with Crippen LogP contribution < -0.4 is 14.2 Å². The molecule has 0 unspecified atom stereocenters. The van der Waals surface area contributed by atoms with E-state index in [1.165, 1.54) is 0 Å². The van der Waals surface area contributed by atoms with Crippen LogP contribution in [0.25, 0.3) is 6.08 Å². The van der Waals surface area contributed by atoms with Crippen LogP contribution in [0.4, 0.5) is 0 Å². The zero-order valence-corrected chi connectivity index (χ0v) is 9.89. The van der Waals surface area contributed by atoms with Gasteiger partial charge in [-0.3, -0.25) is 0 Å². The molecule has 0 aromatic heterocycles. The third-order valence-corrected chi connectivity index (χ3v) is 2.76. The lowest BCUT2D eigenvalue weighted by Gasteiger charge is -2.17. The van der Waals surface area contributed by atoms with Crippen LogP contribution in [0, 0.1) is 0 Å². The zero-order chi connectivity index (χ0) is 12.5. The van der Waals surface area contributed by atoms with Gasteiger partial charge in [0.15, 0.2) is 11.5 Å². The van der Waals surface area contributed by atoms with Crippen molar-refractivity contribution < 1.29 is 23.7 Å². The van der Waals surface area contributed by atoms with E-state index in [1.54, 1.807) is 25.1 Å². The van der Waals surface area contributed by atoms with Crippen LogP contribution >= 0.6 is 0 Å². The Balaban J connectivity index is 1.94. The molecule has 2 heterocycles. The van der Waals surface area contributed by atoms with Crippen molar-refractivity contribution in [3.63, 3.8) is 0 Å². The molecule has 18 heavy (non-hydrogen) atoms. The molecule has 0 saturated carbocycles. The van der Waals surface area contributed by atoms with E-state index in [1.807, 2.05) is 0 Å². The number of hydrogen-bond acceptors (Lipinski definition) is 5. The summed E-state index contributed by atoms with van der Waals surface area (Å²) < 4.78 is 21.0. The van der Waals surface area contributed by atoms with Crippen LogP contribution in [-0.4, -0.2) is 26.0 Å². The Morgan fingerprint density at radius 1 is 1.22 bits per heavy atom. The summed E-state index contributed by atoms with van der Waals surface area (Å²) in [6.07, 6.45) is 1.76. The molecule has 1 aromatic carbocycles. The Bertz CT molecular complexity index is 532. The first-order valence-corrected chi connectivity index (χ1v) is 5.72. The maximum atomic E-state index is 11.6. The molecule has 0 aliphatic carbocycles. The SMILES string of the molecule is CCOC(=O)C1=Cc2cc3c(cc2OC1)OCO3. The van der Waals surface area contributed by atoms with Crippen LogP contribution in [0.1, 0.15) is 12.5 Å². The van der Waals surface area contributed by atoms with Gasteiger partial charge in [-0.2, -0.15) is 0 Å². The summed E-state index contributed by atoms with van der Waals surface area (Å²) in [4.78, 5) is 11.6. The average Bonchev–Trinajstić information content (AvgIpc) is 2.82. The van der Waals surface area contributed by atoms with Gasteiger partial charge in [-0.25, -0.2) is 4.79 Å². The number of carbonyl (C=O) groups excluding carboxylic acids is 1. The molecule has 3 rings (SSSR count). The van der Waals surface area contributed by atoms with Gasteiger partial charge in [0.2, 0.25) is 6.79 Å². The van der Waals surface area contributed by atoms with Crippen molar-refractivity contribution in [2.75, 3.05) is 20.0 Å². The molecule has 1 aromatic rings. The molecule has 5 nitrogen and oxygen atoms in total. The van der Waals surface area contributed by atoms with Gasteiger partial charge in [0.05, 0.1) is 12.2 Å². The smallest absolute Gasteiger partial charge is 0.337 e. The predicted octanol–water partition coefficient (Wildman–Crippen LogP) is 1.75. The van der Waals surface area contributed by atoms with E-state index in [4.69, 9.17) is 18.9 Å². The van der Waals surface area contributed by atoms with Gasteiger partial charge in [-0.05, 0) is 19.1 Å². The normalized spacial score (nSPS) is 15.5. The molecule has 5 heteroatoms. The highest BCUT2D eigenvalue weighted by Crippen LogP contribution is 2.40. The lowest BCUT2D eigenvalue weighted by molar-refractivity contribution is -0.138. The predicted molar refractivity (Wildman–Crippen MR) is 62.7 cm³/mol. The number of ether oxygens (including phenoxy) is 4. The molecular formula is C13H12O5. The lowest BCUT2D eigenvalue weighted by atomic mass is 10.1. The fraction of sp³-hybridized carbons (Fsp3) is 0.308. The number of carbonyl (C=O) groups is 1. The van der Waals surface area contributed by atoms with E-state index in [9.17, 15) is 4.79 Å². The van der Waals surface area contributed by atoms with Crippen molar-refractivity contribution in [2.24, 2.45) is 0 Å². The zero-order valence-electron chi connectivity index (χ0n) is 9.89. The van der Waals surface area contributed by atoms with E-state index >= 15 is 0 Å². The lowest BCUT2D eigenvalue weighted by Crippen LogP contribution is -2.17. The van der Waals surface area contributed by atoms with Gasteiger partial charge in [0, 0.05) is 11.6 Å². The van der Waals surface area contributed by atoms with Gasteiger partial charge in [0.1, 0.15) is 12.4 Å². The van der Waals surface area contributed by atoms with Crippen LogP contribution in [0.2, 0.25) is 0 Å². The minimum Gasteiger partial charge on any atom is -0.488 e. The highest BCUT2D eigenvalue weighted by molar-refractivity contribution is 5.95. The summed E-state index contributed by atoms with van der Waals surface area (Å²) in [6, 6.07) is 3.58. The minimum absolute atomic E-state index is 0.214. The second-order valence-electron chi connectivity index (χ2n) is 3.92. The summed E-state index contributed by atoms with van der Waals surface area (Å²) in [5.74, 6) is 1.67. The first-order valence-electron chi connectivity index (χ1n) is 5.72. The standard InChI is InChI=1S/C13H12O5/c1-2-15-13(14)9-3-8-4-11-12(18-7-17-11)5-10(8)16-6-9/h3-5H,2,6-7H2,1H3. The van der Waals surface area contributed by atoms with E-state index in [-0.39, 0.29) is 19.4 Å². The summed E-state index contributed by atoms with van der Waals surface area (Å²) >= 11 is 0. The molecule has 94 valence electrons. The Kier molecular flexibility index (Phi) is 2.59. The highest BCUT2D eigenvalue weighted by atomic mass is 16.7. The summed E-state index contributed by atoms with van der Waals surface area (Å²) in [5.41, 5.74) is 1.30. The van der Waals surface area contributed by atoms with Crippen molar-refractivity contribution in [1.82, 2.24) is 0 Å². The van der Waals surface area contributed by atoms with Crippen LogP contribution in [-0.2, 0) is 9.53 Å². The van der Waals surface area contributed by atoms with Crippen molar-refractivity contribution in [2.45, 2.75) is 6.92 Å². The van der Waals surface area contributed by atoms with E-state index < -0.39 is 0 Å². The highest BCUT2D eigenvalue weighted by Gasteiger charge is 2.22. The average molecular weight is 248 g/mol. The quantitative estimate of drug-likeness (QED) is 0.746. The number of esters is 1. The van der Waals surface area contributed by atoms with Gasteiger partial charge in [0.25, 0.3) is 0 Å². The Hall–Kier alpha value is -2.17.